The van der Waals surface area contributed by atoms with Crippen LogP contribution in [0.5, 0.6) is 0 Å². The van der Waals surface area contributed by atoms with Gasteiger partial charge >= 0.3 is 5.97 Å². The third-order valence-electron chi connectivity index (χ3n) is 3.73. The Morgan fingerprint density at radius 3 is 2.70 bits per heavy atom. The molecular formula is C16H21NO3. The van der Waals surface area contributed by atoms with Gasteiger partial charge in [-0.25, -0.2) is 4.79 Å². The summed E-state index contributed by atoms with van der Waals surface area (Å²) in [5, 5.41) is 19.2. The van der Waals surface area contributed by atoms with Gasteiger partial charge in [0.2, 0.25) is 0 Å². The molecule has 0 unspecified atom stereocenters. The summed E-state index contributed by atoms with van der Waals surface area (Å²) in [6, 6.07) is 5.31. The first kappa shape index (κ1) is 14.6. The van der Waals surface area contributed by atoms with E-state index >= 15 is 0 Å². The number of aryl methyl sites for hydroxylation is 2. The largest absolute Gasteiger partial charge is 0.478 e. The van der Waals surface area contributed by atoms with E-state index < -0.39 is 5.97 Å². The quantitative estimate of drug-likeness (QED) is 0.852. The van der Waals surface area contributed by atoms with Gasteiger partial charge in [-0.3, -0.25) is 0 Å². The molecule has 0 amide bonds. The van der Waals surface area contributed by atoms with E-state index in [-0.39, 0.29) is 6.61 Å². The molecule has 0 aliphatic heterocycles. The highest BCUT2D eigenvalue weighted by atomic mass is 16.4. The number of fused-ring (bicyclic) bond motifs is 1. The Morgan fingerprint density at radius 2 is 2.10 bits per heavy atom. The van der Waals surface area contributed by atoms with Crippen molar-refractivity contribution in [2.45, 2.75) is 39.7 Å². The van der Waals surface area contributed by atoms with Crippen LogP contribution in [0.1, 0.15) is 41.4 Å². The molecule has 1 aromatic carbocycles. The van der Waals surface area contributed by atoms with E-state index in [2.05, 4.69) is 18.4 Å². The molecule has 0 radical (unpaired) electrons. The number of carboxylic acids is 1. The number of nitrogens with zero attached hydrogens (tertiary/aromatic N) is 1. The first-order valence-electron chi connectivity index (χ1n) is 7.06. The summed E-state index contributed by atoms with van der Waals surface area (Å²) in [6.45, 7) is 5.28. The summed E-state index contributed by atoms with van der Waals surface area (Å²) in [5.74, 6) is -0.902. The zero-order chi connectivity index (χ0) is 14.7. The van der Waals surface area contributed by atoms with Gasteiger partial charge in [-0.05, 0) is 49.9 Å². The van der Waals surface area contributed by atoms with Crippen LogP contribution in [-0.2, 0) is 13.0 Å². The SMILES string of the molecule is CCCn1c(C)c(CCCO)c2cc(C(=O)O)ccc21. The van der Waals surface area contributed by atoms with Crippen molar-refractivity contribution in [1.29, 1.82) is 0 Å². The number of rotatable bonds is 6. The second-order valence-electron chi connectivity index (χ2n) is 5.08. The molecule has 0 saturated heterocycles. The van der Waals surface area contributed by atoms with E-state index in [1.807, 2.05) is 6.07 Å². The van der Waals surface area contributed by atoms with Crippen LogP contribution in [-0.4, -0.2) is 27.4 Å². The molecule has 2 rings (SSSR count). The van der Waals surface area contributed by atoms with Crippen molar-refractivity contribution >= 4 is 16.9 Å². The Balaban J connectivity index is 2.63. The number of aromatic nitrogens is 1. The highest BCUT2D eigenvalue weighted by Crippen LogP contribution is 2.28. The van der Waals surface area contributed by atoms with Crippen LogP contribution in [0.15, 0.2) is 18.2 Å². The average molecular weight is 275 g/mol. The normalized spacial score (nSPS) is 11.2. The first-order valence-corrected chi connectivity index (χ1v) is 7.06. The summed E-state index contributed by atoms with van der Waals surface area (Å²) in [5.41, 5.74) is 3.74. The van der Waals surface area contributed by atoms with Crippen LogP contribution in [0.3, 0.4) is 0 Å². The van der Waals surface area contributed by atoms with Crippen LogP contribution in [0.2, 0.25) is 0 Å². The van der Waals surface area contributed by atoms with Crippen molar-refractivity contribution in [3.05, 3.63) is 35.0 Å². The van der Waals surface area contributed by atoms with Gasteiger partial charge in [0, 0.05) is 29.7 Å². The van der Waals surface area contributed by atoms with Gasteiger partial charge in [0.15, 0.2) is 0 Å². The van der Waals surface area contributed by atoms with Gasteiger partial charge in [0.25, 0.3) is 0 Å². The lowest BCUT2D eigenvalue weighted by molar-refractivity contribution is 0.0697. The van der Waals surface area contributed by atoms with Crippen LogP contribution < -0.4 is 0 Å². The molecule has 108 valence electrons. The molecule has 2 aromatic rings. The minimum Gasteiger partial charge on any atom is -0.478 e. The lowest BCUT2D eigenvalue weighted by atomic mass is 10.0. The molecular weight excluding hydrogens is 254 g/mol. The summed E-state index contributed by atoms with van der Waals surface area (Å²) in [4.78, 5) is 11.1. The van der Waals surface area contributed by atoms with E-state index in [1.165, 1.54) is 5.69 Å². The summed E-state index contributed by atoms with van der Waals surface area (Å²) in [7, 11) is 0. The molecule has 4 heteroatoms. The van der Waals surface area contributed by atoms with Gasteiger partial charge in [-0.15, -0.1) is 0 Å². The summed E-state index contributed by atoms with van der Waals surface area (Å²) in [6.07, 6.45) is 2.51. The Bertz CT molecular complexity index is 628. The maximum absolute atomic E-state index is 11.1. The van der Waals surface area contributed by atoms with Gasteiger partial charge in [-0.1, -0.05) is 6.92 Å². The third-order valence-corrected chi connectivity index (χ3v) is 3.73. The predicted octanol–water partition coefficient (Wildman–Crippen LogP) is 2.98. The topological polar surface area (TPSA) is 62.5 Å². The van der Waals surface area contributed by atoms with E-state index in [9.17, 15) is 4.79 Å². The van der Waals surface area contributed by atoms with Crippen LogP contribution >= 0.6 is 0 Å². The van der Waals surface area contributed by atoms with Crippen molar-refractivity contribution in [2.24, 2.45) is 0 Å². The van der Waals surface area contributed by atoms with Crippen LogP contribution in [0, 0.1) is 6.92 Å². The van der Waals surface area contributed by atoms with Crippen LogP contribution in [0.4, 0.5) is 0 Å². The van der Waals surface area contributed by atoms with Crippen molar-refractivity contribution in [3.63, 3.8) is 0 Å². The zero-order valence-electron chi connectivity index (χ0n) is 12.0. The zero-order valence-corrected chi connectivity index (χ0v) is 12.0. The van der Waals surface area contributed by atoms with E-state index in [0.29, 0.717) is 12.0 Å². The number of benzene rings is 1. The molecule has 0 saturated carbocycles. The number of aromatic carboxylic acids is 1. The Hall–Kier alpha value is -1.81. The molecule has 0 bridgehead atoms. The second kappa shape index (κ2) is 6.09. The summed E-state index contributed by atoms with van der Waals surface area (Å²) >= 11 is 0. The van der Waals surface area contributed by atoms with Crippen molar-refractivity contribution < 1.29 is 15.0 Å². The van der Waals surface area contributed by atoms with Crippen molar-refractivity contribution in [3.8, 4) is 0 Å². The van der Waals surface area contributed by atoms with Crippen molar-refractivity contribution in [2.75, 3.05) is 6.61 Å². The minimum absolute atomic E-state index is 0.151. The Morgan fingerprint density at radius 1 is 1.35 bits per heavy atom. The van der Waals surface area contributed by atoms with Gasteiger partial charge in [0.1, 0.15) is 0 Å². The van der Waals surface area contributed by atoms with Crippen molar-refractivity contribution in [1.82, 2.24) is 4.57 Å². The molecule has 0 aliphatic carbocycles. The van der Waals surface area contributed by atoms with E-state index in [0.717, 1.165) is 35.9 Å². The lowest BCUT2D eigenvalue weighted by Gasteiger charge is -2.06. The van der Waals surface area contributed by atoms with Gasteiger partial charge < -0.3 is 14.8 Å². The third kappa shape index (κ3) is 2.56. The number of hydrogen-bond acceptors (Lipinski definition) is 2. The number of hydrogen-bond donors (Lipinski definition) is 2. The molecule has 1 aromatic heterocycles. The van der Waals surface area contributed by atoms with Crippen LogP contribution in [0.25, 0.3) is 10.9 Å². The predicted molar refractivity (Wildman–Crippen MR) is 79.3 cm³/mol. The molecule has 0 fully saturated rings. The minimum atomic E-state index is -0.902. The number of aliphatic hydroxyl groups is 1. The number of carboxylic acid groups (broad SMARTS) is 1. The number of aliphatic hydroxyl groups excluding tert-OH is 1. The molecule has 0 spiro atoms. The molecule has 0 atom stereocenters. The highest BCUT2D eigenvalue weighted by molar-refractivity contribution is 5.95. The molecule has 2 N–H and O–H groups in total. The monoisotopic (exact) mass is 275 g/mol. The molecule has 1 heterocycles. The first-order chi connectivity index (χ1) is 9.60. The maximum atomic E-state index is 11.1. The maximum Gasteiger partial charge on any atom is 0.335 e. The van der Waals surface area contributed by atoms with E-state index in [1.54, 1.807) is 12.1 Å². The van der Waals surface area contributed by atoms with E-state index in [4.69, 9.17) is 10.2 Å². The smallest absolute Gasteiger partial charge is 0.335 e. The lowest BCUT2D eigenvalue weighted by Crippen LogP contribution is -2.00. The average Bonchev–Trinajstić information content (AvgIpc) is 2.69. The molecule has 4 nitrogen and oxygen atoms in total. The van der Waals surface area contributed by atoms with Gasteiger partial charge in [0.05, 0.1) is 5.56 Å². The Labute approximate surface area is 118 Å². The fourth-order valence-electron chi connectivity index (χ4n) is 2.77. The molecule has 20 heavy (non-hydrogen) atoms. The second-order valence-corrected chi connectivity index (χ2v) is 5.08. The highest BCUT2D eigenvalue weighted by Gasteiger charge is 2.15. The molecule has 0 aliphatic rings. The standard InChI is InChI=1S/C16H21NO3/c1-3-8-17-11(2)13(5-4-9-18)14-10-12(16(19)20)6-7-15(14)17/h6-7,10,18H,3-5,8-9H2,1-2H3,(H,19,20). The Kier molecular flexibility index (Phi) is 4.45. The fraction of sp³-hybridized carbons (Fsp3) is 0.438. The van der Waals surface area contributed by atoms with Gasteiger partial charge in [-0.2, -0.15) is 0 Å². The fourth-order valence-corrected chi connectivity index (χ4v) is 2.77. The summed E-state index contributed by atoms with van der Waals surface area (Å²) < 4.78 is 2.24. The number of carbonyl (C=O) groups is 1.